The van der Waals surface area contributed by atoms with E-state index in [1.165, 1.54) is 0 Å². The van der Waals surface area contributed by atoms with Crippen LogP contribution in [-0.4, -0.2) is 32.8 Å². The lowest BCUT2D eigenvalue weighted by atomic mass is 10.1. The maximum atomic E-state index is 5.90. The Morgan fingerprint density at radius 3 is 2.58 bits per heavy atom. The normalized spacial score (nSPS) is 16.8. The number of rotatable bonds is 2. The second kappa shape index (κ2) is 5.35. The largest absolute Gasteiger partial charge is 0.356 e. The van der Waals surface area contributed by atoms with Gasteiger partial charge in [-0.05, 0) is 30.5 Å². The number of aromatic nitrogens is 4. The molecule has 0 atom stereocenters. The molecule has 7 heteroatoms. The van der Waals surface area contributed by atoms with E-state index < -0.39 is 0 Å². The van der Waals surface area contributed by atoms with Crippen LogP contribution in [0.3, 0.4) is 0 Å². The molecule has 3 heterocycles. The van der Waals surface area contributed by atoms with Gasteiger partial charge in [-0.2, -0.15) is 5.10 Å². The molecule has 19 heavy (non-hydrogen) atoms. The summed E-state index contributed by atoms with van der Waals surface area (Å²) in [5.74, 6) is 0.795. The molecule has 1 saturated heterocycles. The Labute approximate surface area is 121 Å². The van der Waals surface area contributed by atoms with Gasteiger partial charge in [0.15, 0.2) is 0 Å². The molecule has 0 amide bonds. The molecular formula is C12H13Cl2N5. The van der Waals surface area contributed by atoms with E-state index in [-0.39, 0.29) is 5.28 Å². The van der Waals surface area contributed by atoms with E-state index in [9.17, 15) is 0 Å². The number of hydrogen-bond acceptors (Lipinski definition) is 4. The van der Waals surface area contributed by atoms with Crippen molar-refractivity contribution < 1.29 is 0 Å². The quantitative estimate of drug-likeness (QED) is 0.632. The molecular weight excluding hydrogens is 285 g/mol. The summed E-state index contributed by atoms with van der Waals surface area (Å²) in [4.78, 5) is 10.3. The zero-order chi connectivity index (χ0) is 13.2. The summed E-state index contributed by atoms with van der Waals surface area (Å²) in [6, 6.07) is 4.16. The van der Waals surface area contributed by atoms with E-state index in [0.29, 0.717) is 11.2 Å². The third-order valence-corrected chi connectivity index (χ3v) is 3.70. The predicted octanol–water partition coefficient (Wildman–Crippen LogP) is 2.82. The number of nitrogens with zero attached hydrogens (tertiary/aromatic N) is 5. The van der Waals surface area contributed by atoms with E-state index in [1.54, 1.807) is 6.07 Å². The first kappa shape index (κ1) is 12.7. The fraction of sp³-hybridized carbons (Fsp3) is 0.417. The average molecular weight is 298 g/mol. The van der Waals surface area contributed by atoms with Gasteiger partial charge in [-0.25, -0.2) is 9.97 Å². The second-order valence-electron chi connectivity index (χ2n) is 4.52. The summed E-state index contributed by atoms with van der Waals surface area (Å²) in [6.07, 6.45) is 5.89. The minimum absolute atomic E-state index is 0.191. The van der Waals surface area contributed by atoms with Crippen LogP contribution >= 0.6 is 23.2 Å². The number of anilines is 1. The first-order chi connectivity index (χ1) is 9.22. The molecule has 1 aliphatic rings. The van der Waals surface area contributed by atoms with Crippen LogP contribution in [-0.2, 0) is 0 Å². The van der Waals surface area contributed by atoms with Gasteiger partial charge in [-0.3, -0.25) is 4.68 Å². The third kappa shape index (κ3) is 2.82. The van der Waals surface area contributed by atoms with Crippen molar-refractivity contribution in [3.05, 3.63) is 35.0 Å². The highest BCUT2D eigenvalue weighted by Gasteiger charge is 2.22. The van der Waals surface area contributed by atoms with Gasteiger partial charge in [0, 0.05) is 31.5 Å². The Morgan fingerprint density at radius 2 is 1.95 bits per heavy atom. The molecule has 0 aliphatic carbocycles. The zero-order valence-electron chi connectivity index (χ0n) is 10.2. The summed E-state index contributed by atoms with van der Waals surface area (Å²) in [6.45, 7) is 1.82. The lowest BCUT2D eigenvalue weighted by molar-refractivity contribution is 0.366. The van der Waals surface area contributed by atoms with Crippen LogP contribution < -0.4 is 4.90 Å². The lowest BCUT2D eigenvalue weighted by Crippen LogP contribution is -2.35. The molecule has 2 aromatic rings. The van der Waals surface area contributed by atoms with Gasteiger partial charge in [0.25, 0.3) is 0 Å². The third-order valence-electron chi connectivity index (χ3n) is 3.34. The SMILES string of the molecule is Clc1cc(N2CCC(n3cccn3)CC2)nc(Cl)n1. The molecule has 2 aromatic heterocycles. The van der Waals surface area contributed by atoms with E-state index in [0.717, 1.165) is 31.7 Å². The van der Waals surface area contributed by atoms with Crippen LogP contribution in [0.15, 0.2) is 24.5 Å². The van der Waals surface area contributed by atoms with Crippen molar-refractivity contribution in [3.63, 3.8) is 0 Å². The molecule has 0 saturated carbocycles. The smallest absolute Gasteiger partial charge is 0.225 e. The van der Waals surface area contributed by atoms with Crippen molar-refractivity contribution in [1.29, 1.82) is 0 Å². The number of halogens is 2. The van der Waals surface area contributed by atoms with Crippen LogP contribution in [0.4, 0.5) is 5.82 Å². The average Bonchev–Trinajstić information content (AvgIpc) is 2.91. The topological polar surface area (TPSA) is 46.8 Å². The van der Waals surface area contributed by atoms with Gasteiger partial charge in [0.2, 0.25) is 5.28 Å². The Hall–Kier alpha value is -1.33. The van der Waals surface area contributed by atoms with Crippen LogP contribution in [0, 0.1) is 0 Å². The van der Waals surface area contributed by atoms with E-state index in [2.05, 4.69) is 20.0 Å². The highest BCUT2D eigenvalue weighted by molar-refractivity contribution is 6.32. The van der Waals surface area contributed by atoms with Gasteiger partial charge in [-0.1, -0.05) is 11.6 Å². The highest BCUT2D eigenvalue weighted by atomic mass is 35.5. The number of piperidine rings is 1. The Morgan fingerprint density at radius 1 is 1.16 bits per heavy atom. The minimum atomic E-state index is 0.191. The Bertz CT molecular complexity index is 529. The summed E-state index contributed by atoms with van der Waals surface area (Å²) < 4.78 is 2.03. The fourth-order valence-corrected chi connectivity index (χ4v) is 2.80. The second-order valence-corrected chi connectivity index (χ2v) is 5.25. The first-order valence-electron chi connectivity index (χ1n) is 6.16. The van der Waals surface area contributed by atoms with Crippen molar-refractivity contribution in [1.82, 2.24) is 19.7 Å². The summed E-state index contributed by atoms with van der Waals surface area (Å²) in [5.41, 5.74) is 0. The summed E-state index contributed by atoms with van der Waals surface area (Å²) in [7, 11) is 0. The highest BCUT2D eigenvalue weighted by Crippen LogP contribution is 2.26. The molecule has 0 spiro atoms. The van der Waals surface area contributed by atoms with Crippen molar-refractivity contribution in [3.8, 4) is 0 Å². The molecule has 100 valence electrons. The maximum Gasteiger partial charge on any atom is 0.225 e. The molecule has 1 aliphatic heterocycles. The molecule has 0 radical (unpaired) electrons. The molecule has 3 rings (SSSR count). The Kier molecular flexibility index (Phi) is 3.57. The molecule has 0 unspecified atom stereocenters. The maximum absolute atomic E-state index is 5.90. The molecule has 5 nitrogen and oxygen atoms in total. The van der Waals surface area contributed by atoms with Crippen LogP contribution in [0.25, 0.3) is 0 Å². The van der Waals surface area contributed by atoms with E-state index >= 15 is 0 Å². The first-order valence-corrected chi connectivity index (χ1v) is 6.92. The zero-order valence-corrected chi connectivity index (χ0v) is 11.7. The van der Waals surface area contributed by atoms with E-state index in [1.807, 2.05) is 23.1 Å². The molecule has 0 aromatic carbocycles. The minimum Gasteiger partial charge on any atom is -0.356 e. The predicted molar refractivity (Wildman–Crippen MR) is 74.8 cm³/mol. The van der Waals surface area contributed by atoms with Gasteiger partial charge in [0.1, 0.15) is 11.0 Å². The van der Waals surface area contributed by atoms with Crippen molar-refractivity contribution in [2.75, 3.05) is 18.0 Å². The van der Waals surface area contributed by atoms with Crippen LogP contribution in [0.5, 0.6) is 0 Å². The van der Waals surface area contributed by atoms with Gasteiger partial charge >= 0.3 is 0 Å². The van der Waals surface area contributed by atoms with Crippen molar-refractivity contribution >= 4 is 29.0 Å². The fourth-order valence-electron chi connectivity index (χ4n) is 2.40. The number of hydrogen-bond donors (Lipinski definition) is 0. The van der Waals surface area contributed by atoms with Crippen LogP contribution in [0.1, 0.15) is 18.9 Å². The van der Waals surface area contributed by atoms with Crippen molar-refractivity contribution in [2.45, 2.75) is 18.9 Å². The monoisotopic (exact) mass is 297 g/mol. The van der Waals surface area contributed by atoms with Gasteiger partial charge in [-0.15, -0.1) is 0 Å². The van der Waals surface area contributed by atoms with Crippen LogP contribution in [0.2, 0.25) is 10.4 Å². The van der Waals surface area contributed by atoms with Crippen molar-refractivity contribution in [2.24, 2.45) is 0 Å². The Balaban J connectivity index is 1.70. The lowest BCUT2D eigenvalue weighted by Gasteiger charge is -2.32. The van der Waals surface area contributed by atoms with E-state index in [4.69, 9.17) is 23.2 Å². The van der Waals surface area contributed by atoms with Gasteiger partial charge < -0.3 is 4.90 Å². The molecule has 0 bridgehead atoms. The molecule has 1 fully saturated rings. The summed E-state index contributed by atoms with van der Waals surface area (Å²) in [5, 5.41) is 4.87. The standard InChI is InChI=1S/C12H13Cl2N5/c13-10-8-11(17-12(14)16-10)18-6-2-9(3-7-18)19-5-1-4-15-19/h1,4-5,8-9H,2-3,6-7H2. The van der Waals surface area contributed by atoms with Gasteiger partial charge in [0.05, 0.1) is 6.04 Å². The molecule has 0 N–H and O–H groups in total. The summed E-state index contributed by atoms with van der Waals surface area (Å²) >= 11 is 11.7.